The Morgan fingerprint density at radius 3 is 2.52 bits per heavy atom. The van der Waals surface area contributed by atoms with Crippen LogP contribution in [0.3, 0.4) is 0 Å². The van der Waals surface area contributed by atoms with Gasteiger partial charge in [-0.3, -0.25) is 4.79 Å². The number of likely N-dealkylation sites (tertiary alicyclic amines) is 1. The van der Waals surface area contributed by atoms with Crippen molar-refractivity contribution in [2.75, 3.05) is 13.1 Å². The summed E-state index contributed by atoms with van der Waals surface area (Å²) >= 11 is 3.47. The summed E-state index contributed by atoms with van der Waals surface area (Å²) in [5.74, 6) is 0.287. The van der Waals surface area contributed by atoms with Gasteiger partial charge in [0.25, 0.3) is 0 Å². The van der Waals surface area contributed by atoms with Crippen molar-refractivity contribution in [2.45, 2.75) is 51.0 Å². The molecule has 1 spiro atoms. The van der Waals surface area contributed by atoms with Gasteiger partial charge in [-0.1, -0.05) is 22.0 Å². The highest BCUT2D eigenvalue weighted by Crippen LogP contribution is 2.44. The Kier molecular flexibility index (Phi) is 4.03. The molecule has 0 unspecified atom stereocenters. The standard InChI is InChI=1S/C18H22BrNO3/c1-17(2,3)23-16(22)20-8-6-18(7-9-20)14-5-4-13(19)10-12(14)11-15(18)21/h4-5,10H,6-9,11H2,1-3H3. The zero-order chi connectivity index (χ0) is 16.8. The lowest BCUT2D eigenvalue weighted by molar-refractivity contribution is -0.124. The summed E-state index contributed by atoms with van der Waals surface area (Å²) in [6.45, 7) is 6.73. The molecule has 0 saturated carbocycles. The predicted octanol–water partition coefficient (Wildman–Crippen LogP) is 3.84. The summed E-state index contributed by atoms with van der Waals surface area (Å²) < 4.78 is 6.44. The number of carbonyl (C=O) groups excluding carboxylic acids is 2. The smallest absolute Gasteiger partial charge is 0.410 e. The number of amides is 1. The number of halogens is 1. The van der Waals surface area contributed by atoms with Gasteiger partial charge in [-0.2, -0.15) is 0 Å². The minimum atomic E-state index is -0.492. The highest BCUT2D eigenvalue weighted by Gasteiger charge is 2.48. The van der Waals surface area contributed by atoms with Crippen molar-refractivity contribution in [1.82, 2.24) is 4.90 Å². The van der Waals surface area contributed by atoms with Gasteiger partial charge in [-0.25, -0.2) is 4.79 Å². The minimum Gasteiger partial charge on any atom is -0.444 e. The van der Waals surface area contributed by atoms with Crippen LogP contribution >= 0.6 is 15.9 Å². The second kappa shape index (κ2) is 5.62. The summed E-state index contributed by atoms with van der Waals surface area (Å²) in [6.07, 6.45) is 1.58. The Morgan fingerprint density at radius 1 is 1.26 bits per heavy atom. The average Bonchev–Trinajstić information content (AvgIpc) is 2.70. The van der Waals surface area contributed by atoms with E-state index in [1.807, 2.05) is 32.9 Å². The quantitative estimate of drug-likeness (QED) is 0.687. The van der Waals surface area contributed by atoms with E-state index < -0.39 is 11.0 Å². The second-order valence-electron chi connectivity index (χ2n) is 7.45. The molecule has 5 heteroatoms. The number of rotatable bonds is 0. The molecule has 4 nitrogen and oxygen atoms in total. The lowest BCUT2D eigenvalue weighted by Gasteiger charge is -2.39. The lowest BCUT2D eigenvalue weighted by Crippen LogP contribution is -2.48. The topological polar surface area (TPSA) is 46.6 Å². The zero-order valence-corrected chi connectivity index (χ0v) is 15.4. The summed E-state index contributed by atoms with van der Waals surface area (Å²) in [5, 5.41) is 0. The predicted molar refractivity (Wildman–Crippen MR) is 91.6 cm³/mol. The van der Waals surface area contributed by atoms with Gasteiger partial charge < -0.3 is 9.64 Å². The Morgan fingerprint density at radius 2 is 1.91 bits per heavy atom. The highest BCUT2D eigenvalue weighted by molar-refractivity contribution is 9.10. The van der Waals surface area contributed by atoms with E-state index >= 15 is 0 Å². The van der Waals surface area contributed by atoms with Crippen molar-refractivity contribution in [2.24, 2.45) is 0 Å². The molecular weight excluding hydrogens is 358 g/mol. The lowest BCUT2D eigenvalue weighted by atomic mass is 9.73. The molecule has 0 atom stereocenters. The molecule has 0 radical (unpaired) electrons. The maximum absolute atomic E-state index is 12.7. The van der Waals surface area contributed by atoms with Gasteiger partial charge in [0.15, 0.2) is 0 Å². The molecule has 23 heavy (non-hydrogen) atoms. The number of hydrogen-bond donors (Lipinski definition) is 0. The molecule has 0 aromatic heterocycles. The largest absolute Gasteiger partial charge is 0.444 e. The van der Waals surface area contributed by atoms with Crippen LogP contribution in [0, 0.1) is 0 Å². The van der Waals surface area contributed by atoms with Gasteiger partial charge >= 0.3 is 6.09 Å². The fourth-order valence-electron chi connectivity index (χ4n) is 3.61. The van der Waals surface area contributed by atoms with E-state index in [0.717, 1.165) is 15.6 Å². The van der Waals surface area contributed by atoms with Crippen LogP contribution in [0.2, 0.25) is 0 Å². The van der Waals surface area contributed by atoms with Crippen molar-refractivity contribution >= 4 is 27.8 Å². The molecule has 1 amide bonds. The average molecular weight is 380 g/mol. The monoisotopic (exact) mass is 379 g/mol. The number of ether oxygens (including phenoxy) is 1. The van der Waals surface area contributed by atoms with Crippen LogP contribution in [-0.2, 0) is 21.4 Å². The van der Waals surface area contributed by atoms with Gasteiger partial charge in [0.2, 0.25) is 0 Å². The third-order valence-electron chi connectivity index (χ3n) is 4.74. The SMILES string of the molecule is CC(C)(C)OC(=O)N1CCC2(CC1)C(=O)Cc1cc(Br)ccc12. The third kappa shape index (κ3) is 3.03. The Hall–Kier alpha value is -1.36. The summed E-state index contributed by atoms with van der Waals surface area (Å²) in [7, 11) is 0. The maximum Gasteiger partial charge on any atom is 0.410 e. The first-order chi connectivity index (χ1) is 10.7. The number of nitrogens with zero attached hydrogens (tertiary/aromatic N) is 1. The maximum atomic E-state index is 12.7. The Balaban J connectivity index is 1.76. The molecule has 1 saturated heterocycles. The van der Waals surface area contributed by atoms with Gasteiger partial charge in [0.1, 0.15) is 11.4 Å². The van der Waals surface area contributed by atoms with Gasteiger partial charge in [0.05, 0.1) is 5.41 Å². The second-order valence-corrected chi connectivity index (χ2v) is 8.37. The van der Waals surface area contributed by atoms with Crippen LogP contribution in [0.4, 0.5) is 4.79 Å². The van der Waals surface area contributed by atoms with Crippen LogP contribution in [0.25, 0.3) is 0 Å². The number of carbonyl (C=O) groups is 2. The molecule has 2 aliphatic rings. The van der Waals surface area contributed by atoms with Crippen molar-refractivity contribution in [1.29, 1.82) is 0 Å². The van der Waals surface area contributed by atoms with Crippen LogP contribution in [0.15, 0.2) is 22.7 Å². The fourth-order valence-corrected chi connectivity index (χ4v) is 4.02. The molecular formula is C18H22BrNO3. The molecule has 1 heterocycles. The summed E-state index contributed by atoms with van der Waals surface area (Å²) in [5.41, 5.74) is 1.37. The molecule has 1 fully saturated rings. The van der Waals surface area contributed by atoms with E-state index in [1.54, 1.807) is 4.90 Å². The molecule has 1 aromatic rings. The minimum absolute atomic E-state index is 0.283. The Labute approximate surface area is 145 Å². The molecule has 124 valence electrons. The van der Waals surface area contributed by atoms with Crippen LogP contribution in [0.1, 0.15) is 44.7 Å². The molecule has 0 N–H and O–H groups in total. The number of hydrogen-bond acceptors (Lipinski definition) is 3. The van der Waals surface area contributed by atoms with Gasteiger partial charge in [-0.15, -0.1) is 0 Å². The Bertz CT molecular complexity index is 655. The first-order valence-electron chi connectivity index (χ1n) is 8.01. The number of piperidine rings is 1. The first-order valence-corrected chi connectivity index (χ1v) is 8.81. The zero-order valence-electron chi connectivity index (χ0n) is 13.8. The van der Waals surface area contributed by atoms with E-state index in [2.05, 4.69) is 22.0 Å². The van der Waals surface area contributed by atoms with Crippen LogP contribution in [0.5, 0.6) is 0 Å². The van der Waals surface area contributed by atoms with Crippen LogP contribution in [-0.4, -0.2) is 35.5 Å². The van der Waals surface area contributed by atoms with Gasteiger partial charge in [-0.05, 0) is 56.9 Å². The number of ketones is 1. The summed E-state index contributed by atoms with van der Waals surface area (Å²) in [6, 6.07) is 6.11. The molecule has 1 aromatic carbocycles. The van der Waals surface area contributed by atoms with E-state index in [9.17, 15) is 9.59 Å². The summed E-state index contributed by atoms with van der Waals surface area (Å²) in [4.78, 5) is 26.6. The number of Topliss-reactive ketones (excluding diaryl/α,β-unsaturated/α-hetero) is 1. The number of fused-ring (bicyclic) bond motifs is 2. The highest BCUT2D eigenvalue weighted by atomic mass is 79.9. The van der Waals surface area contributed by atoms with E-state index in [-0.39, 0.29) is 11.9 Å². The molecule has 3 rings (SSSR count). The van der Waals surface area contributed by atoms with Gasteiger partial charge in [0, 0.05) is 24.0 Å². The first kappa shape index (κ1) is 16.5. The molecule has 1 aliphatic carbocycles. The molecule has 0 bridgehead atoms. The van der Waals surface area contributed by atoms with Crippen molar-refractivity contribution in [3.8, 4) is 0 Å². The third-order valence-corrected chi connectivity index (χ3v) is 5.23. The van der Waals surface area contributed by atoms with E-state index in [1.165, 1.54) is 0 Å². The normalized spacial score (nSPS) is 19.8. The fraction of sp³-hybridized carbons (Fsp3) is 0.556. The molecule has 1 aliphatic heterocycles. The van der Waals surface area contributed by atoms with Crippen molar-refractivity contribution in [3.63, 3.8) is 0 Å². The number of benzene rings is 1. The van der Waals surface area contributed by atoms with Crippen molar-refractivity contribution in [3.05, 3.63) is 33.8 Å². The van der Waals surface area contributed by atoms with Crippen molar-refractivity contribution < 1.29 is 14.3 Å². The van der Waals surface area contributed by atoms with E-state index in [0.29, 0.717) is 32.4 Å². The van der Waals surface area contributed by atoms with Crippen LogP contribution < -0.4 is 0 Å². The van der Waals surface area contributed by atoms with E-state index in [4.69, 9.17) is 4.74 Å².